The molecule has 0 saturated heterocycles. The molecule has 0 N–H and O–H groups in total. The summed E-state index contributed by atoms with van der Waals surface area (Å²) in [6.45, 7) is 7.68. The Hall–Kier alpha value is -1.71. The van der Waals surface area contributed by atoms with Crippen LogP contribution in [0.25, 0.3) is 0 Å². The highest BCUT2D eigenvalue weighted by Crippen LogP contribution is 2.26. The minimum atomic E-state index is -1.88. The highest BCUT2D eigenvalue weighted by molar-refractivity contribution is 6.69. The molecule has 0 fully saturated rings. The zero-order valence-corrected chi connectivity index (χ0v) is 11.9. The monoisotopic (exact) mass is 264 g/mol. The van der Waals surface area contributed by atoms with Crippen LogP contribution in [-0.2, 0) is 4.43 Å². The van der Waals surface area contributed by atoms with Crippen molar-refractivity contribution >= 4 is 14.0 Å². The van der Waals surface area contributed by atoms with E-state index in [2.05, 4.69) is 6.07 Å². The van der Waals surface area contributed by atoms with Gasteiger partial charge in [0, 0.05) is 17.7 Å². The van der Waals surface area contributed by atoms with E-state index in [0.29, 0.717) is 5.56 Å². The van der Waals surface area contributed by atoms with Gasteiger partial charge < -0.3 is 4.43 Å². The lowest BCUT2D eigenvalue weighted by Gasteiger charge is -2.21. The molecule has 0 aromatic heterocycles. The summed E-state index contributed by atoms with van der Waals surface area (Å²) in [6, 6.07) is 6.69. The van der Waals surface area contributed by atoms with E-state index in [1.807, 2.05) is 19.6 Å². The van der Waals surface area contributed by atoms with Gasteiger partial charge in [-0.05, 0) is 32.1 Å². The van der Waals surface area contributed by atoms with Gasteiger partial charge in [0.2, 0.25) is 0 Å². The van der Waals surface area contributed by atoms with Crippen molar-refractivity contribution in [3.8, 4) is 6.07 Å². The molecule has 5 nitrogen and oxygen atoms in total. The number of non-ortho nitro benzene ring substituents is 1. The Kier molecular flexibility index (Phi) is 4.22. The molecule has 18 heavy (non-hydrogen) atoms. The largest absolute Gasteiger partial charge is 0.399 e. The van der Waals surface area contributed by atoms with Crippen LogP contribution in [0.15, 0.2) is 18.2 Å². The highest BCUT2D eigenvalue weighted by Gasteiger charge is 2.23. The molecule has 1 rings (SSSR count). The molecule has 0 aliphatic rings. The summed E-state index contributed by atoms with van der Waals surface area (Å²) < 4.78 is 5.72. The van der Waals surface area contributed by atoms with Crippen molar-refractivity contribution in [1.29, 1.82) is 5.26 Å². The van der Waals surface area contributed by atoms with Gasteiger partial charge in [-0.2, -0.15) is 5.26 Å². The predicted molar refractivity (Wildman–Crippen MR) is 70.6 cm³/mol. The SMILES string of the molecule is Cc1cc(C(C#N)O[Si](C)(C)C)cc([N+](=O)[O-])c1. The summed E-state index contributed by atoms with van der Waals surface area (Å²) in [7, 11) is -1.88. The molecule has 1 unspecified atom stereocenters. The van der Waals surface area contributed by atoms with Gasteiger partial charge in [-0.1, -0.05) is 6.07 Å². The van der Waals surface area contributed by atoms with Gasteiger partial charge >= 0.3 is 0 Å². The van der Waals surface area contributed by atoms with Crippen LogP contribution in [0.5, 0.6) is 0 Å². The lowest BCUT2D eigenvalue weighted by atomic mass is 10.1. The molecule has 1 aromatic carbocycles. The first kappa shape index (κ1) is 14.3. The second-order valence-corrected chi connectivity index (χ2v) is 9.56. The van der Waals surface area contributed by atoms with Crippen LogP contribution in [-0.4, -0.2) is 13.2 Å². The van der Waals surface area contributed by atoms with E-state index in [1.54, 1.807) is 13.0 Å². The Bertz CT molecular complexity index is 503. The Morgan fingerprint density at radius 3 is 2.44 bits per heavy atom. The number of nitriles is 1. The lowest BCUT2D eigenvalue weighted by Crippen LogP contribution is -2.27. The van der Waals surface area contributed by atoms with Crippen molar-refractivity contribution in [2.45, 2.75) is 32.7 Å². The molecule has 0 radical (unpaired) electrons. The number of hydrogen-bond acceptors (Lipinski definition) is 4. The van der Waals surface area contributed by atoms with E-state index in [9.17, 15) is 10.1 Å². The first-order valence-electron chi connectivity index (χ1n) is 5.56. The van der Waals surface area contributed by atoms with E-state index in [4.69, 9.17) is 9.69 Å². The summed E-state index contributed by atoms with van der Waals surface area (Å²) in [5, 5.41) is 19.9. The van der Waals surface area contributed by atoms with Gasteiger partial charge in [-0.3, -0.25) is 10.1 Å². The molecule has 0 aliphatic heterocycles. The van der Waals surface area contributed by atoms with Crippen LogP contribution in [0.2, 0.25) is 19.6 Å². The normalized spacial score (nSPS) is 12.8. The number of aryl methyl sites for hydroxylation is 1. The Balaban J connectivity index is 3.15. The third kappa shape index (κ3) is 3.94. The zero-order chi connectivity index (χ0) is 13.9. The number of benzene rings is 1. The molecule has 0 bridgehead atoms. The van der Waals surface area contributed by atoms with Crippen LogP contribution < -0.4 is 0 Å². The Morgan fingerprint density at radius 2 is 2.00 bits per heavy atom. The second-order valence-electron chi connectivity index (χ2n) is 5.10. The molecular formula is C12H16N2O3Si. The third-order valence-electron chi connectivity index (χ3n) is 2.19. The van der Waals surface area contributed by atoms with Crippen LogP contribution in [0, 0.1) is 28.4 Å². The molecule has 0 spiro atoms. The molecule has 0 heterocycles. The number of rotatable bonds is 4. The van der Waals surface area contributed by atoms with Crippen LogP contribution in [0.4, 0.5) is 5.69 Å². The molecular weight excluding hydrogens is 248 g/mol. The van der Waals surface area contributed by atoms with Crippen molar-refractivity contribution in [3.05, 3.63) is 39.4 Å². The Morgan fingerprint density at radius 1 is 1.39 bits per heavy atom. The van der Waals surface area contributed by atoms with E-state index in [-0.39, 0.29) is 5.69 Å². The summed E-state index contributed by atoms with van der Waals surface area (Å²) in [4.78, 5) is 10.3. The molecule has 6 heteroatoms. The summed E-state index contributed by atoms with van der Waals surface area (Å²) in [5.41, 5.74) is 1.29. The predicted octanol–water partition coefficient (Wildman–Crippen LogP) is 3.32. The fourth-order valence-corrected chi connectivity index (χ4v) is 2.47. The summed E-state index contributed by atoms with van der Waals surface area (Å²) in [6.07, 6.45) is -0.740. The van der Waals surface area contributed by atoms with E-state index in [0.717, 1.165) is 5.56 Å². The topological polar surface area (TPSA) is 76.2 Å². The van der Waals surface area contributed by atoms with E-state index < -0.39 is 19.3 Å². The smallest absolute Gasteiger partial charge is 0.270 e. The highest BCUT2D eigenvalue weighted by atomic mass is 28.4. The van der Waals surface area contributed by atoms with Crippen molar-refractivity contribution in [2.24, 2.45) is 0 Å². The minimum Gasteiger partial charge on any atom is -0.399 e. The van der Waals surface area contributed by atoms with Gasteiger partial charge in [-0.15, -0.1) is 0 Å². The average molecular weight is 264 g/mol. The number of nitro groups is 1. The third-order valence-corrected chi connectivity index (χ3v) is 3.13. The van der Waals surface area contributed by atoms with Crippen LogP contribution in [0.1, 0.15) is 17.2 Å². The Labute approximate surface area is 107 Å². The summed E-state index contributed by atoms with van der Waals surface area (Å²) >= 11 is 0. The van der Waals surface area contributed by atoms with Gasteiger partial charge in [0.1, 0.15) is 0 Å². The average Bonchev–Trinajstić information content (AvgIpc) is 2.23. The molecule has 1 aromatic rings. The first-order chi connectivity index (χ1) is 8.23. The maximum Gasteiger partial charge on any atom is 0.270 e. The lowest BCUT2D eigenvalue weighted by molar-refractivity contribution is -0.385. The molecule has 0 aliphatic carbocycles. The quantitative estimate of drug-likeness (QED) is 0.475. The fraction of sp³-hybridized carbons (Fsp3) is 0.417. The van der Waals surface area contributed by atoms with Crippen LogP contribution >= 0.6 is 0 Å². The van der Waals surface area contributed by atoms with E-state index >= 15 is 0 Å². The first-order valence-corrected chi connectivity index (χ1v) is 8.97. The molecule has 96 valence electrons. The number of hydrogen-bond donors (Lipinski definition) is 0. The van der Waals surface area contributed by atoms with Gasteiger partial charge in [0.05, 0.1) is 11.0 Å². The summed E-state index contributed by atoms with van der Waals surface area (Å²) in [5.74, 6) is 0. The maximum absolute atomic E-state index is 10.8. The molecule has 0 saturated carbocycles. The molecule has 1 atom stereocenters. The van der Waals surface area contributed by atoms with Crippen LogP contribution in [0.3, 0.4) is 0 Å². The van der Waals surface area contributed by atoms with Gasteiger partial charge in [0.15, 0.2) is 14.4 Å². The van der Waals surface area contributed by atoms with Gasteiger partial charge in [0.25, 0.3) is 5.69 Å². The zero-order valence-electron chi connectivity index (χ0n) is 10.9. The fourth-order valence-electron chi connectivity index (χ4n) is 1.57. The minimum absolute atomic E-state index is 0.00979. The van der Waals surface area contributed by atoms with Crippen molar-refractivity contribution in [3.63, 3.8) is 0 Å². The van der Waals surface area contributed by atoms with Crippen molar-refractivity contribution in [1.82, 2.24) is 0 Å². The van der Waals surface area contributed by atoms with Crippen molar-refractivity contribution in [2.75, 3.05) is 0 Å². The number of nitro benzene ring substituents is 1. The van der Waals surface area contributed by atoms with Gasteiger partial charge in [-0.25, -0.2) is 0 Å². The number of nitrogens with zero attached hydrogens (tertiary/aromatic N) is 2. The van der Waals surface area contributed by atoms with E-state index in [1.165, 1.54) is 12.1 Å². The van der Waals surface area contributed by atoms with Crippen molar-refractivity contribution < 1.29 is 9.35 Å². The standard InChI is InChI=1S/C12H16N2O3Si/c1-9-5-10(7-11(6-9)14(15)16)12(8-13)17-18(2,3)4/h5-7,12H,1-4H3. The molecule has 0 amide bonds. The second kappa shape index (κ2) is 5.29. The maximum atomic E-state index is 10.8.